The van der Waals surface area contributed by atoms with Crippen LogP contribution in [0.25, 0.3) is 11.0 Å². The van der Waals surface area contributed by atoms with E-state index in [1.54, 1.807) is 7.11 Å². The van der Waals surface area contributed by atoms with Gasteiger partial charge in [0.15, 0.2) is 5.11 Å². The first-order chi connectivity index (χ1) is 12.7. The molecule has 0 spiro atoms. The van der Waals surface area contributed by atoms with E-state index in [1.165, 1.54) is 0 Å². The van der Waals surface area contributed by atoms with Gasteiger partial charge in [-0.15, -0.1) is 0 Å². The monoisotopic (exact) mass is 366 g/mol. The summed E-state index contributed by atoms with van der Waals surface area (Å²) in [7, 11) is 1.67. The maximum Gasteiger partial charge on any atom is 0.173 e. The van der Waals surface area contributed by atoms with Crippen molar-refractivity contribution in [3.8, 4) is 5.75 Å². The average molecular weight is 366 g/mol. The van der Waals surface area contributed by atoms with Crippen molar-refractivity contribution in [1.82, 2.24) is 14.9 Å². The molecule has 2 heterocycles. The molecule has 0 amide bonds. The Kier molecular flexibility index (Phi) is 4.75. The number of aromatic nitrogens is 2. The number of rotatable bonds is 3. The zero-order valence-electron chi connectivity index (χ0n) is 14.7. The van der Waals surface area contributed by atoms with Gasteiger partial charge in [0.1, 0.15) is 11.6 Å². The minimum atomic E-state index is 0.362. The number of hydrogen-bond donors (Lipinski definition) is 2. The van der Waals surface area contributed by atoms with Crippen LogP contribution in [0.4, 0.5) is 5.69 Å². The molecule has 0 saturated carbocycles. The van der Waals surface area contributed by atoms with Crippen LogP contribution in [0.2, 0.25) is 0 Å². The number of nitrogens with one attached hydrogen (secondary N) is 2. The minimum Gasteiger partial charge on any atom is -0.497 e. The molecule has 0 aliphatic carbocycles. The number of imidazole rings is 1. The fourth-order valence-corrected chi connectivity index (χ4v) is 3.74. The molecule has 2 N–H and O–H groups in total. The number of H-pyrrole nitrogens is 1. The fourth-order valence-electron chi connectivity index (χ4n) is 3.45. The number of benzene rings is 2. The molecule has 0 unspecified atom stereocenters. The molecule has 1 aromatic heterocycles. The van der Waals surface area contributed by atoms with Crippen molar-refractivity contribution in [3.05, 3.63) is 54.4 Å². The van der Waals surface area contributed by atoms with Gasteiger partial charge in [-0.2, -0.15) is 0 Å². The predicted molar refractivity (Wildman–Crippen MR) is 109 cm³/mol. The van der Waals surface area contributed by atoms with Gasteiger partial charge >= 0.3 is 0 Å². The van der Waals surface area contributed by atoms with Crippen molar-refractivity contribution < 1.29 is 4.74 Å². The van der Waals surface area contributed by atoms with Gasteiger partial charge in [0.2, 0.25) is 0 Å². The highest BCUT2D eigenvalue weighted by molar-refractivity contribution is 7.80. The number of thiocarbonyl (C=S) groups is 1. The molecule has 1 fully saturated rings. The van der Waals surface area contributed by atoms with Gasteiger partial charge in [-0.1, -0.05) is 18.2 Å². The summed E-state index contributed by atoms with van der Waals surface area (Å²) >= 11 is 5.65. The molecule has 4 rings (SSSR count). The van der Waals surface area contributed by atoms with Crippen LogP contribution in [0.5, 0.6) is 5.75 Å². The van der Waals surface area contributed by atoms with E-state index in [9.17, 15) is 0 Å². The Bertz CT molecular complexity index is 890. The highest BCUT2D eigenvalue weighted by atomic mass is 32.1. The summed E-state index contributed by atoms with van der Waals surface area (Å²) < 4.78 is 5.28. The third kappa shape index (κ3) is 3.51. The predicted octanol–water partition coefficient (Wildman–Crippen LogP) is 4.15. The maximum atomic E-state index is 5.65. The normalized spacial score (nSPS) is 17.3. The standard InChI is InChI=1S/C20H22N4OS/c1-25-16-8-4-7-15(12-16)21-20(26)24-11-5-6-14(13-24)19-22-17-9-2-3-10-18(17)23-19/h2-4,7-10,12,14H,5-6,11,13H2,1H3,(H,21,26)(H,22,23)/t14-/m1/s1. The van der Waals surface area contributed by atoms with Crippen LogP contribution in [-0.2, 0) is 0 Å². The van der Waals surface area contributed by atoms with Crippen molar-refractivity contribution in [1.29, 1.82) is 0 Å². The molecule has 0 radical (unpaired) electrons. The largest absolute Gasteiger partial charge is 0.497 e. The SMILES string of the molecule is COc1cccc(NC(=S)N2CCC[C@@H](c3nc4ccccc4[nH]3)C2)c1. The molecule has 5 nitrogen and oxygen atoms in total. The molecule has 0 bridgehead atoms. The summed E-state index contributed by atoms with van der Waals surface area (Å²) in [5.41, 5.74) is 3.06. The van der Waals surface area contributed by atoms with Crippen molar-refractivity contribution in [2.45, 2.75) is 18.8 Å². The van der Waals surface area contributed by atoms with Crippen LogP contribution >= 0.6 is 12.2 Å². The van der Waals surface area contributed by atoms with E-state index in [-0.39, 0.29) is 0 Å². The first kappa shape index (κ1) is 16.8. The Hall–Kier alpha value is -2.60. The van der Waals surface area contributed by atoms with Gasteiger partial charge < -0.3 is 19.9 Å². The molecular weight excluding hydrogens is 344 g/mol. The quantitative estimate of drug-likeness (QED) is 0.682. The fraction of sp³-hybridized carbons (Fsp3) is 0.300. The van der Waals surface area contributed by atoms with E-state index in [1.807, 2.05) is 42.5 Å². The number of nitrogens with zero attached hydrogens (tertiary/aromatic N) is 2. The number of fused-ring (bicyclic) bond motifs is 1. The summed E-state index contributed by atoms with van der Waals surface area (Å²) in [6, 6.07) is 16.0. The average Bonchev–Trinajstić information content (AvgIpc) is 3.12. The van der Waals surface area contributed by atoms with Crippen LogP contribution in [0.3, 0.4) is 0 Å². The van der Waals surface area contributed by atoms with Gasteiger partial charge in [-0.3, -0.25) is 0 Å². The molecule has 1 saturated heterocycles. The lowest BCUT2D eigenvalue weighted by Gasteiger charge is -2.33. The number of methoxy groups -OCH3 is 1. The Morgan fingerprint density at radius 2 is 2.15 bits per heavy atom. The highest BCUT2D eigenvalue weighted by Crippen LogP contribution is 2.27. The van der Waals surface area contributed by atoms with Gasteiger partial charge in [0, 0.05) is 30.8 Å². The number of hydrogen-bond acceptors (Lipinski definition) is 3. The number of para-hydroxylation sites is 2. The van der Waals surface area contributed by atoms with E-state index in [2.05, 4.69) is 21.3 Å². The molecule has 134 valence electrons. The lowest BCUT2D eigenvalue weighted by molar-refractivity contribution is 0.307. The second-order valence-corrected chi connectivity index (χ2v) is 6.97. The van der Waals surface area contributed by atoms with Gasteiger partial charge in [0.25, 0.3) is 0 Å². The molecule has 3 aromatic rings. The van der Waals surface area contributed by atoms with Crippen LogP contribution in [0.1, 0.15) is 24.6 Å². The Labute approximate surface area is 158 Å². The number of piperidine rings is 1. The Morgan fingerprint density at radius 1 is 1.27 bits per heavy atom. The van der Waals surface area contributed by atoms with Crippen molar-refractivity contribution in [2.75, 3.05) is 25.5 Å². The van der Waals surface area contributed by atoms with E-state index in [4.69, 9.17) is 21.9 Å². The zero-order valence-corrected chi connectivity index (χ0v) is 15.6. The zero-order chi connectivity index (χ0) is 17.9. The third-order valence-electron chi connectivity index (χ3n) is 4.82. The summed E-state index contributed by atoms with van der Waals surface area (Å²) in [5.74, 6) is 2.23. The molecular formula is C20H22N4OS. The summed E-state index contributed by atoms with van der Waals surface area (Å²) in [4.78, 5) is 10.5. The second kappa shape index (κ2) is 7.33. The molecule has 2 aromatic carbocycles. The summed E-state index contributed by atoms with van der Waals surface area (Å²) in [6.07, 6.45) is 2.22. The first-order valence-electron chi connectivity index (χ1n) is 8.87. The maximum absolute atomic E-state index is 5.65. The van der Waals surface area contributed by atoms with Crippen molar-refractivity contribution in [3.63, 3.8) is 0 Å². The molecule has 1 aliphatic heterocycles. The summed E-state index contributed by atoms with van der Waals surface area (Å²) in [5, 5.41) is 4.08. The molecule has 1 atom stereocenters. The van der Waals surface area contributed by atoms with E-state index < -0.39 is 0 Å². The van der Waals surface area contributed by atoms with E-state index >= 15 is 0 Å². The highest BCUT2D eigenvalue weighted by Gasteiger charge is 2.25. The first-order valence-corrected chi connectivity index (χ1v) is 9.28. The topological polar surface area (TPSA) is 53.2 Å². The number of anilines is 1. The summed E-state index contributed by atoms with van der Waals surface area (Å²) in [6.45, 7) is 1.84. The number of aromatic amines is 1. The van der Waals surface area contributed by atoms with E-state index in [0.717, 1.165) is 59.3 Å². The van der Waals surface area contributed by atoms with Gasteiger partial charge in [0.05, 0.1) is 18.1 Å². The Morgan fingerprint density at radius 3 is 3.00 bits per heavy atom. The second-order valence-electron chi connectivity index (χ2n) is 6.59. The van der Waals surface area contributed by atoms with E-state index in [0.29, 0.717) is 5.92 Å². The molecule has 1 aliphatic rings. The lowest BCUT2D eigenvalue weighted by atomic mass is 9.98. The van der Waals surface area contributed by atoms with Crippen LogP contribution in [-0.4, -0.2) is 40.2 Å². The Balaban J connectivity index is 1.46. The van der Waals surface area contributed by atoms with Crippen LogP contribution in [0.15, 0.2) is 48.5 Å². The van der Waals surface area contributed by atoms with Gasteiger partial charge in [-0.25, -0.2) is 4.98 Å². The van der Waals surface area contributed by atoms with Crippen molar-refractivity contribution in [2.24, 2.45) is 0 Å². The van der Waals surface area contributed by atoms with Crippen LogP contribution < -0.4 is 10.1 Å². The van der Waals surface area contributed by atoms with Crippen molar-refractivity contribution >= 4 is 34.1 Å². The number of likely N-dealkylation sites (tertiary alicyclic amines) is 1. The smallest absolute Gasteiger partial charge is 0.173 e. The lowest BCUT2D eigenvalue weighted by Crippen LogP contribution is -2.41. The number of ether oxygens (including phenoxy) is 1. The van der Waals surface area contributed by atoms with Gasteiger partial charge in [-0.05, 0) is 49.3 Å². The van der Waals surface area contributed by atoms with Crippen LogP contribution in [0, 0.1) is 0 Å². The third-order valence-corrected chi connectivity index (χ3v) is 5.18. The molecule has 6 heteroatoms. The molecule has 26 heavy (non-hydrogen) atoms. The minimum absolute atomic E-state index is 0.362.